The molecule has 1 aliphatic heterocycles. The lowest BCUT2D eigenvalue weighted by Gasteiger charge is -2.10. The molecule has 1 aliphatic rings. The summed E-state index contributed by atoms with van der Waals surface area (Å²) in [5, 5.41) is 16.9. The first-order valence-corrected chi connectivity index (χ1v) is 10.5. The molecule has 1 aromatic heterocycles. The van der Waals surface area contributed by atoms with E-state index in [0.29, 0.717) is 47.5 Å². The van der Waals surface area contributed by atoms with Crippen LogP contribution >= 0.6 is 11.3 Å². The first-order valence-electron chi connectivity index (χ1n) is 9.62. The third kappa shape index (κ3) is 5.18. The van der Waals surface area contributed by atoms with Gasteiger partial charge in [0.15, 0.2) is 5.13 Å². The molecular weight excluding hydrogens is 414 g/mol. The van der Waals surface area contributed by atoms with Crippen LogP contribution in [0.15, 0.2) is 53.9 Å². The molecule has 1 saturated heterocycles. The number of hydrogen-bond acceptors (Lipinski definition) is 6. The molecule has 156 valence electrons. The fraction of sp³-hybridized carbons (Fsp3) is 0.182. The zero-order valence-electron chi connectivity index (χ0n) is 16.5. The van der Waals surface area contributed by atoms with Crippen LogP contribution in [0.3, 0.4) is 0 Å². The molecule has 2 N–H and O–H groups in total. The Morgan fingerprint density at radius 3 is 2.97 bits per heavy atom. The Balaban J connectivity index is 1.33. The minimum atomic E-state index is -0.207. The highest BCUT2D eigenvalue weighted by atomic mass is 32.1. The van der Waals surface area contributed by atoms with Crippen molar-refractivity contribution < 1.29 is 14.3 Å². The summed E-state index contributed by atoms with van der Waals surface area (Å²) in [6.45, 7) is 1.49. The maximum atomic E-state index is 12.4. The number of aromatic nitrogens is 1. The van der Waals surface area contributed by atoms with Crippen LogP contribution in [-0.2, 0) is 17.8 Å². The lowest BCUT2D eigenvalue weighted by atomic mass is 10.1. The van der Waals surface area contributed by atoms with E-state index in [-0.39, 0.29) is 18.4 Å². The third-order valence-electron chi connectivity index (χ3n) is 4.55. The number of nitrogens with one attached hydrogen (secondary N) is 2. The van der Waals surface area contributed by atoms with E-state index in [4.69, 9.17) is 10.00 Å². The van der Waals surface area contributed by atoms with E-state index in [9.17, 15) is 9.59 Å². The standard InChI is InChI=1S/C22H19N5O3S/c23-12-15-3-1-4-16(9-15)13-30-19-6-2-5-17(10-19)25-20(28)11-18-14-31-22(26-18)27-8-7-24-21(27)29/h1-6,9-10,14H,7-8,11,13H2,(H,24,29)(H,25,28). The van der Waals surface area contributed by atoms with Crippen LogP contribution in [0.4, 0.5) is 15.6 Å². The second-order valence-electron chi connectivity index (χ2n) is 6.86. The van der Waals surface area contributed by atoms with Crippen molar-refractivity contribution in [1.29, 1.82) is 5.26 Å². The first kappa shape index (κ1) is 20.4. The van der Waals surface area contributed by atoms with Crippen molar-refractivity contribution in [3.05, 3.63) is 70.7 Å². The van der Waals surface area contributed by atoms with Gasteiger partial charge in [0.05, 0.1) is 23.7 Å². The number of carbonyl (C=O) groups excluding carboxylic acids is 2. The van der Waals surface area contributed by atoms with E-state index in [1.807, 2.05) is 12.1 Å². The van der Waals surface area contributed by atoms with Crippen molar-refractivity contribution in [2.24, 2.45) is 0 Å². The Morgan fingerprint density at radius 1 is 1.29 bits per heavy atom. The second kappa shape index (κ2) is 9.28. The molecule has 1 fully saturated rings. The summed E-state index contributed by atoms with van der Waals surface area (Å²) >= 11 is 1.34. The Morgan fingerprint density at radius 2 is 2.16 bits per heavy atom. The summed E-state index contributed by atoms with van der Waals surface area (Å²) in [5.41, 5.74) is 2.70. The van der Waals surface area contributed by atoms with Crippen molar-refractivity contribution in [2.45, 2.75) is 13.0 Å². The highest BCUT2D eigenvalue weighted by Gasteiger charge is 2.24. The topological polar surface area (TPSA) is 107 Å². The van der Waals surface area contributed by atoms with Gasteiger partial charge >= 0.3 is 6.03 Å². The Hall–Kier alpha value is -3.90. The molecule has 0 aliphatic carbocycles. The second-order valence-corrected chi connectivity index (χ2v) is 7.70. The van der Waals surface area contributed by atoms with E-state index in [0.717, 1.165) is 5.56 Å². The summed E-state index contributed by atoms with van der Waals surface area (Å²) in [4.78, 5) is 30.1. The number of carbonyl (C=O) groups is 2. The first-order chi connectivity index (χ1) is 15.1. The SMILES string of the molecule is N#Cc1cccc(COc2cccc(NC(=O)Cc3csc(N4CCNC4=O)n3)c2)c1. The monoisotopic (exact) mass is 433 g/mol. The van der Waals surface area contributed by atoms with Crippen LogP contribution < -0.4 is 20.3 Å². The van der Waals surface area contributed by atoms with Crippen molar-refractivity contribution in [3.63, 3.8) is 0 Å². The zero-order valence-corrected chi connectivity index (χ0v) is 17.3. The third-order valence-corrected chi connectivity index (χ3v) is 5.46. The Labute approximate surface area is 183 Å². The van der Waals surface area contributed by atoms with Crippen LogP contribution in [0, 0.1) is 11.3 Å². The summed E-state index contributed by atoms with van der Waals surface area (Å²) in [7, 11) is 0. The van der Waals surface area contributed by atoms with Crippen molar-refractivity contribution >= 4 is 34.1 Å². The van der Waals surface area contributed by atoms with Crippen LogP contribution in [0.5, 0.6) is 5.75 Å². The van der Waals surface area contributed by atoms with Gasteiger partial charge in [0, 0.05) is 30.2 Å². The van der Waals surface area contributed by atoms with Crippen molar-refractivity contribution in [1.82, 2.24) is 10.3 Å². The lowest BCUT2D eigenvalue weighted by Crippen LogP contribution is -2.27. The van der Waals surface area contributed by atoms with Crippen molar-refractivity contribution in [2.75, 3.05) is 23.3 Å². The van der Waals surface area contributed by atoms with E-state index >= 15 is 0 Å². The highest BCUT2D eigenvalue weighted by molar-refractivity contribution is 7.14. The average Bonchev–Trinajstić information content (AvgIpc) is 3.41. The predicted molar refractivity (Wildman–Crippen MR) is 117 cm³/mol. The van der Waals surface area contributed by atoms with Gasteiger partial charge in [-0.3, -0.25) is 9.69 Å². The summed E-state index contributed by atoms with van der Waals surface area (Å²) in [6, 6.07) is 16.3. The number of anilines is 2. The number of rotatable bonds is 7. The molecule has 0 spiro atoms. The maximum Gasteiger partial charge on any atom is 0.323 e. The van der Waals surface area contributed by atoms with Gasteiger partial charge in [0.1, 0.15) is 12.4 Å². The highest BCUT2D eigenvalue weighted by Crippen LogP contribution is 2.23. The van der Waals surface area contributed by atoms with E-state index < -0.39 is 0 Å². The Kier molecular flexibility index (Phi) is 6.10. The largest absolute Gasteiger partial charge is 0.489 e. The van der Waals surface area contributed by atoms with Gasteiger partial charge in [-0.15, -0.1) is 11.3 Å². The minimum absolute atomic E-state index is 0.109. The number of benzene rings is 2. The van der Waals surface area contributed by atoms with E-state index in [1.165, 1.54) is 11.3 Å². The molecule has 8 nitrogen and oxygen atoms in total. The predicted octanol–water partition coefficient (Wildman–Crippen LogP) is 3.30. The fourth-order valence-corrected chi connectivity index (χ4v) is 3.94. The summed E-state index contributed by atoms with van der Waals surface area (Å²) in [5.74, 6) is 0.401. The Bertz CT molecular complexity index is 1150. The molecule has 0 atom stereocenters. The molecular formula is C22H19N5O3S. The lowest BCUT2D eigenvalue weighted by molar-refractivity contribution is -0.115. The number of thiazole rings is 1. The van der Waals surface area contributed by atoms with Gasteiger partial charge in [-0.05, 0) is 29.8 Å². The van der Waals surface area contributed by atoms with Gasteiger partial charge < -0.3 is 15.4 Å². The molecule has 2 heterocycles. The number of ether oxygens (including phenoxy) is 1. The quantitative estimate of drug-likeness (QED) is 0.594. The van der Waals surface area contributed by atoms with Gasteiger partial charge in [0.25, 0.3) is 0 Å². The molecule has 0 radical (unpaired) electrons. The number of hydrogen-bond donors (Lipinski definition) is 2. The van der Waals surface area contributed by atoms with Crippen LogP contribution in [-0.4, -0.2) is 30.0 Å². The smallest absolute Gasteiger partial charge is 0.323 e. The minimum Gasteiger partial charge on any atom is -0.489 e. The van der Waals surface area contributed by atoms with Crippen LogP contribution in [0.1, 0.15) is 16.8 Å². The number of urea groups is 1. The number of nitriles is 1. The molecule has 0 saturated carbocycles. The fourth-order valence-electron chi connectivity index (χ4n) is 3.09. The van der Waals surface area contributed by atoms with Crippen LogP contribution in [0.2, 0.25) is 0 Å². The van der Waals surface area contributed by atoms with Gasteiger partial charge in [-0.1, -0.05) is 18.2 Å². The molecule has 3 amide bonds. The molecule has 31 heavy (non-hydrogen) atoms. The summed E-state index contributed by atoms with van der Waals surface area (Å²) in [6.07, 6.45) is 0.109. The van der Waals surface area contributed by atoms with Crippen LogP contribution in [0.25, 0.3) is 0 Å². The van der Waals surface area contributed by atoms with E-state index in [1.54, 1.807) is 46.7 Å². The number of nitrogens with zero attached hydrogens (tertiary/aromatic N) is 3. The van der Waals surface area contributed by atoms with E-state index in [2.05, 4.69) is 21.7 Å². The normalized spacial score (nSPS) is 12.9. The summed E-state index contributed by atoms with van der Waals surface area (Å²) < 4.78 is 5.79. The zero-order chi connectivity index (χ0) is 21.6. The number of amides is 3. The molecule has 0 unspecified atom stereocenters. The average molecular weight is 433 g/mol. The molecule has 3 aromatic rings. The molecule has 4 rings (SSSR count). The van der Waals surface area contributed by atoms with Gasteiger partial charge in [-0.2, -0.15) is 5.26 Å². The molecule has 2 aromatic carbocycles. The van der Waals surface area contributed by atoms with Crippen molar-refractivity contribution in [3.8, 4) is 11.8 Å². The molecule has 9 heteroatoms. The van der Waals surface area contributed by atoms with Gasteiger partial charge in [0.2, 0.25) is 5.91 Å². The van der Waals surface area contributed by atoms with Gasteiger partial charge in [-0.25, -0.2) is 9.78 Å². The molecule has 0 bridgehead atoms. The maximum absolute atomic E-state index is 12.4.